The van der Waals surface area contributed by atoms with Gasteiger partial charge in [0.2, 0.25) is 5.91 Å². The van der Waals surface area contributed by atoms with Crippen LogP contribution in [0.2, 0.25) is 0 Å². The normalized spacial score (nSPS) is 22.4. The quantitative estimate of drug-likeness (QED) is 0.804. The third-order valence-electron chi connectivity index (χ3n) is 3.10. The molecule has 0 saturated carbocycles. The zero-order valence-electron chi connectivity index (χ0n) is 11.8. The molecule has 1 aliphatic heterocycles. The summed E-state index contributed by atoms with van der Waals surface area (Å²) in [6.45, 7) is 4.70. The Morgan fingerprint density at radius 3 is 2.95 bits per heavy atom. The van der Waals surface area contributed by atoms with Gasteiger partial charge in [-0.25, -0.2) is 0 Å². The highest BCUT2D eigenvalue weighted by Gasteiger charge is 2.18. The first-order chi connectivity index (χ1) is 9.74. The highest BCUT2D eigenvalue weighted by atomic mass is 16.5. The average Bonchev–Trinajstić information content (AvgIpc) is 2.46. The number of carbonyl (C=O) groups excluding carboxylic acids is 1. The highest BCUT2D eigenvalue weighted by molar-refractivity contribution is 5.77. The van der Waals surface area contributed by atoms with Crippen molar-refractivity contribution in [1.82, 2.24) is 10.6 Å². The maximum Gasteiger partial charge on any atom is 0.246 e. The molecule has 1 saturated heterocycles. The first-order valence-corrected chi connectivity index (χ1v) is 6.98. The molecule has 5 heteroatoms. The summed E-state index contributed by atoms with van der Waals surface area (Å²) in [4.78, 5) is 11.6. The maximum atomic E-state index is 11.6. The van der Waals surface area contributed by atoms with Crippen LogP contribution in [-0.4, -0.2) is 44.4 Å². The van der Waals surface area contributed by atoms with Gasteiger partial charge in [0.25, 0.3) is 0 Å². The number of ether oxygens (including phenoxy) is 2. The Bertz CT molecular complexity index is 411. The molecule has 1 aromatic carbocycles. The molecule has 0 aliphatic carbocycles. The molecule has 2 rings (SSSR count). The standard InChI is InChI=1S/C15H22N2O3/c1-12-7-16-9-14(20-12)10-19-11-15(18)17-8-13-5-3-2-4-6-13/h2-6,12,14,16H,7-11H2,1H3,(H,17,18). The van der Waals surface area contributed by atoms with E-state index in [2.05, 4.69) is 10.6 Å². The van der Waals surface area contributed by atoms with Crippen LogP contribution in [0.3, 0.4) is 0 Å². The number of hydrogen-bond acceptors (Lipinski definition) is 4. The summed E-state index contributed by atoms with van der Waals surface area (Å²) in [6, 6.07) is 9.81. The predicted octanol–water partition coefficient (Wildman–Crippen LogP) is 0.696. The van der Waals surface area contributed by atoms with Crippen LogP contribution in [0.25, 0.3) is 0 Å². The molecule has 0 radical (unpaired) electrons. The lowest BCUT2D eigenvalue weighted by atomic mass is 10.2. The van der Waals surface area contributed by atoms with Crippen molar-refractivity contribution in [3.8, 4) is 0 Å². The third kappa shape index (κ3) is 5.28. The lowest BCUT2D eigenvalue weighted by molar-refractivity contribution is -0.128. The first kappa shape index (κ1) is 15.0. The van der Waals surface area contributed by atoms with Crippen molar-refractivity contribution in [3.05, 3.63) is 35.9 Å². The first-order valence-electron chi connectivity index (χ1n) is 6.98. The summed E-state index contributed by atoms with van der Waals surface area (Å²) in [5, 5.41) is 6.09. The van der Waals surface area contributed by atoms with Gasteiger partial charge in [-0.05, 0) is 12.5 Å². The number of nitrogens with one attached hydrogen (secondary N) is 2. The van der Waals surface area contributed by atoms with E-state index in [1.54, 1.807) is 0 Å². The van der Waals surface area contributed by atoms with Gasteiger partial charge in [0.15, 0.2) is 0 Å². The van der Waals surface area contributed by atoms with Crippen LogP contribution in [0, 0.1) is 0 Å². The van der Waals surface area contributed by atoms with E-state index < -0.39 is 0 Å². The summed E-state index contributed by atoms with van der Waals surface area (Å²) < 4.78 is 11.1. The Kier molecular flexibility index (Phi) is 5.98. The van der Waals surface area contributed by atoms with E-state index in [1.165, 1.54) is 0 Å². The van der Waals surface area contributed by atoms with E-state index in [0.717, 1.165) is 18.7 Å². The second-order valence-corrected chi connectivity index (χ2v) is 5.00. The summed E-state index contributed by atoms with van der Waals surface area (Å²) >= 11 is 0. The summed E-state index contributed by atoms with van der Waals surface area (Å²) in [5.74, 6) is -0.106. The van der Waals surface area contributed by atoms with Crippen LogP contribution < -0.4 is 10.6 Å². The van der Waals surface area contributed by atoms with E-state index in [9.17, 15) is 4.79 Å². The lowest BCUT2D eigenvalue weighted by Gasteiger charge is -2.28. The fourth-order valence-electron chi connectivity index (χ4n) is 2.10. The lowest BCUT2D eigenvalue weighted by Crippen LogP contribution is -2.45. The van der Waals surface area contributed by atoms with Crippen LogP contribution >= 0.6 is 0 Å². The van der Waals surface area contributed by atoms with E-state index in [4.69, 9.17) is 9.47 Å². The predicted molar refractivity (Wildman–Crippen MR) is 76.3 cm³/mol. The van der Waals surface area contributed by atoms with Crippen LogP contribution in [0.5, 0.6) is 0 Å². The van der Waals surface area contributed by atoms with Crippen molar-refractivity contribution in [1.29, 1.82) is 0 Å². The van der Waals surface area contributed by atoms with E-state index >= 15 is 0 Å². The Morgan fingerprint density at radius 2 is 2.20 bits per heavy atom. The largest absolute Gasteiger partial charge is 0.370 e. The molecule has 0 aromatic heterocycles. The zero-order valence-corrected chi connectivity index (χ0v) is 11.8. The topological polar surface area (TPSA) is 59.6 Å². The van der Waals surface area contributed by atoms with Crippen molar-refractivity contribution in [2.75, 3.05) is 26.3 Å². The zero-order chi connectivity index (χ0) is 14.2. The second kappa shape index (κ2) is 7.99. The Hall–Kier alpha value is -1.43. The minimum Gasteiger partial charge on any atom is -0.370 e. The van der Waals surface area contributed by atoms with E-state index in [-0.39, 0.29) is 24.7 Å². The van der Waals surface area contributed by atoms with Gasteiger partial charge in [-0.2, -0.15) is 0 Å². The molecule has 0 spiro atoms. The summed E-state index contributed by atoms with van der Waals surface area (Å²) in [6.07, 6.45) is 0.227. The Labute approximate surface area is 119 Å². The minimum atomic E-state index is -0.106. The molecule has 110 valence electrons. The monoisotopic (exact) mass is 278 g/mol. The molecule has 20 heavy (non-hydrogen) atoms. The van der Waals surface area contributed by atoms with Crippen LogP contribution in [0.1, 0.15) is 12.5 Å². The molecule has 1 aliphatic rings. The Balaban J connectivity index is 1.58. The molecular weight excluding hydrogens is 256 g/mol. The maximum absolute atomic E-state index is 11.6. The average molecular weight is 278 g/mol. The molecule has 5 nitrogen and oxygen atoms in total. The van der Waals surface area contributed by atoms with Crippen LogP contribution in [-0.2, 0) is 20.8 Å². The van der Waals surface area contributed by atoms with Crippen molar-refractivity contribution in [2.45, 2.75) is 25.7 Å². The van der Waals surface area contributed by atoms with Crippen molar-refractivity contribution in [2.24, 2.45) is 0 Å². The molecule has 2 atom stereocenters. The van der Waals surface area contributed by atoms with Gasteiger partial charge in [0, 0.05) is 19.6 Å². The van der Waals surface area contributed by atoms with Crippen LogP contribution in [0.15, 0.2) is 30.3 Å². The van der Waals surface area contributed by atoms with Gasteiger partial charge in [0.05, 0.1) is 18.8 Å². The van der Waals surface area contributed by atoms with Crippen LogP contribution in [0.4, 0.5) is 0 Å². The smallest absolute Gasteiger partial charge is 0.246 e. The molecule has 1 aromatic rings. The van der Waals surface area contributed by atoms with Gasteiger partial charge >= 0.3 is 0 Å². The van der Waals surface area contributed by atoms with Gasteiger partial charge in [-0.15, -0.1) is 0 Å². The Morgan fingerprint density at radius 1 is 1.40 bits per heavy atom. The molecule has 1 amide bonds. The number of rotatable bonds is 6. The van der Waals surface area contributed by atoms with Gasteiger partial charge in [-0.3, -0.25) is 4.79 Å². The second-order valence-electron chi connectivity index (χ2n) is 5.00. The van der Waals surface area contributed by atoms with Gasteiger partial charge in [0.1, 0.15) is 6.61 Å². The fraction of sp³-hybridized carbons (Fsp3) is 0.533. The molecule has 2 N–H and O–H groups in total. The summed E-state index contributed by atoms with van der Waals surface area (Å²) in [5.41, 5.74) is 1.08. The molecule has 1 heterocycles. The highest BCUT2D eigenvalue weighted by Crippen LogP contribution is 2.03. The van der Waals surface area contributed by atoms with Crippen molar-refractivity contribution in [3.63, 3.8) is 0 Å². The number of benzene rings is 1. The van der Waals surface area contributed by atoms with E-state index in [1.807, 2.05) is 37.3 Å². The molecule has 0 bridgehead atoms. The third-order valence-corrected chi connectivity index (χ3v) is 3.10. The minimum absolute atomic E-state index is 0.0284. The fourth-order valence-corrected chi connectivity index (χ4v) is 2.10. The number of carbonyl (C=O) groups is 1. The SMILES string of the molecule is CC1CNCC(COCC(=O)NCc2ccccc2)O1. The molecular formula is C15H22N2O3. The van der Waals surface area contributed by atoms with E-state index in [0.29, 0.717) is 13.2 Å². The number of morpholine rings is 1. The van der Waals surface area contributed by atoms with Crippen molar-refractivity contribution < 1.29 is 14.3 Å². The van der Waals surface area contributed by atoms with Gasteiger partial charge in [-0.1, -0.05) is 30.3 Å². The summed E-state index contributed by atoms with van der Waals surface area (Å²) in [7, 11) is 0. The number of amides is 1. The number of hydrogen-bond donors (Lipinski definition) is 2. The molecule has 1 fully saturated rings. The molecule has 2 unspecified atom stereocenters. The van der Waals surface area contributed by atoms with Gasteiger partial charge < -0.3 is 20.1 Å². The van der Waals surface area contributed by atoms with Crippen molar-refractivity contribution >= 4 is 5.91 Å².